The molecule has 134 valence electrons. The number of carbonyl (C=O) groups excluding carboxylic acids is 1. The number of esters is 1. The third-order valence-electron chi connectivity index (χ3n) is 4.07. The van der Waals surface area contributed by atoms with Gasteiger partial charge in [-0.25, -0.2) is 17.9 Å². The Kier molecular flexibility index (Phi) is 5.98. The summed E-state index contributed by atoms with van der Waals surface area (Å²) < 4.78 is 32.9. The summed E-state index contributed by atoms with van der Waals surface area (Å²) >= 11 is 0. The molecule has 0 unspecified atom stereocenters. The van der Waals surface area contributed by atoms with E-state index in [4.69, 9.17) is 0 Å². The molecule has 0 fully saturated rings. The summed E-state index contributed by atoms with van der Waals surface area (Å²) in [5.41, 5.74) is 3.31. The van der Waals surface area contributed by atoms with Gasteiger partial charge >= 0.3 is 5.97 Å². The van der Waals surface area contributed by atoms with Crippen molar-refractivity contribution >= 4 is 16.0 Å². The van der Waals surface area contributed by atoms with Crippen LogP contribution in [0.25, 0.3) is 0 Å². The van der Waals surface area contributed by atoms with E-state index in [9.17, 15) is 13.2 Å². The first-order valence-corrected chi connectivity index (χ1v) is 9.54. The summed E-state index contributed by atoms with van der Waals surface area (Å²) in [5, 5.41) is 0. The molecule has 6 heteroatoms. The van der Waals surface area contributed by atoms with Gasteiger partial charge < -0.3 is 4.74 Å². The molecule has 0 saturated heterocycles. The Bertz CT molecular complexity index is 875. The van der Waals surface area contributed by atoms with Crippen LogP contribution in [-0.2, 0) is 14.8 Å². The number of rotatable bonds is 6. The van der Waals surface area contributed by atoms with E-state index in [0.29, 0.717) is 6.42 Å². The van der Waals surface area contributed by atoms with E-state index < -0.39 is 16.0 Å². The minimum absolute atomic E-state index is 0.0404. The highest BCUT2D eigenvalue weighted by Gasteiger charge is 2.22. The Balaban J connectivity index is 2.34. The van der Waals surface area contributed by atoms with Gasteiger partial charge in [-0.2, -0.15) is 0 Å². The quantitative estimate of drug-likeness (QED) is 0.799. The van der Waals surface area contributed by atoms with Crippen LogP contribution < -0.4 is 4.72 Å². The van der Waals surface area contributed by atoms with E-state index in [0.717, 1.165) is 16.7 Å². The highest BCUT2D eigenvalue weighted by Crippen LogP contribution is 2.24. The van der Waals surface area contributed by atoms with Gasteiger partial charge in [-0.05, 0) is 49.6 Å². The van der Waals surface area contributed by atoms with Crippen molar-refractivity contribution in [3.8, 4) is 0 Å². The monoisotopic (exact) mass is 361 g/mol. The Labute approximate surface area is 149 Å². The Hall–Kier alpha value is -2.18. The van der Waals surface area contributed by atoms with Crippen LogP contribution in [0.1, 0.15) is 46.4 Å². The lowest BCUT2D eigenvalue weighted by molar-refractivity contribution is 0.0600. The number of hydrogen-bond acceptors (Lipinski definition) is 4. The van der Waals surface area contributed by atoms with E-state index in [1.165, 1.54) is 31.4 Å². The van der Waals surface area contributed by atoms with Crippen molar-refractivity contribution in [3.63, 3.8) is 0 Å². The van der Waals surface area contributed by atoms with Crippen LogP contribution >= 0.6 is 0 Å². The van der Waals surface area contributed by atoms with E-state index in [1.54, 1.807) is 0 Å². The molecule has 0 aromatic heterocycles. The largest absolute Gasteiger partial charge is 0.465 e. The molecule has 1 atom stereocenters. The van der Waals surface area contributed by atoms with Gasteiger partial charge in [-0.15, -0.1) is 0 Å². The average molecular weight is 361 g/mol. The summed E-state index contributed by atoms with van der Waals surface area (Å²) in [4.78, 5) is 11.7. The molecule has 0 aliphatic carbocycles. The lowest BCUT2D eigenvalue weighted by atomic mass is 9.98. The van der Waals surface area contributed by atoms with Crippen molar-refractivity contribution in [1.29, 1.82) is 0 Å². The van der Waals surface area contributed by atoms with Crippen LogP contribution in [0, 0.1) is 13.8 Å². The van der Waals surface area contributed by atoms with Crippen molar-refractivity contribution in [1.82, 2.24) is 4.72 Å². The molecule has 0 heterocycles. The summed E-state index contributed by atoms with van der Waals surface area (Å²) in [7, 11) is -2.51. The molecule has 2 rings (SSSR count). The molecule has 2 aromatic rings. The minimum Gasteiger partial charge on any atom is -0.465 e. The number of carbonyl (C=O) groups is 1. The second kappa shape index (κ2) is 7.80. The second-order valence-corrected chi connectivity index (χ2v) is 7.68. The van der Waals surface area contributed by atoms with Crippen LogP contribution in [0.15, 0.2) is 47.4 Å². The van der Waals surface area contributed by atoms with Crippen molar-refractivity contribution in [2.45, 2.75) is 38.1 Å². The number of methoxy groups -OCH3 is 1. The van der Waals surface area contributed by atoms with Gasteiger partial charge in [0.05, 0.1) is 17.6 Å². The Morgan fingerprint density at radius 2 is 1.88 bits per heavy atom. The first kappa shape index (κ1) is 19.1. The summed E-state index contributed by atoms with van der Waals surface area (Å²) in [5.74, 6) is -0.571. The van der Waals surface area contributed by atoms with Gasteiger partial charge in [0.1, 0.15) is 0 Å². The maximum absolute atomic E-state index is 12.8. The molecule has 1 N–H and O–H groups in total. The molecule has 0 saturated carbocycles. The predicted octanol–water partition coefficient (Wildman–Crippen LogP) is 3.52. The van der Waals surface area contributed by atoms with E-state index >= 15 is 0 Å². The van der Waals surface area contributed by atoms with Gasteiger partial charge in [-0.3, -0.25) is 0 Å². The Morgan fingerprint density at radius 1 is 1.16 bits per heavy atom. The van der Waals surface area contributed by atoms with E-state index in [2.05, 4.69) is 9.46 Å². The number of nitrogens with one attached hydrogen (secondary N) is 1. The fourth-order valence-electron chi connectivity index (χ4n) is 2.75. The highest BCUT2D eigenvalue weighted by molar-refractivity contribution is 7.89. The van der Waals surface area contributed by atoms with Gasteiger partial charge in [0, 0.05) is 6.04 Å². The maximum atomic E-state index is 12.8. The summed E-state index contributed by atoms with van der Waals surface area (Å²) in [6.45, 7) is 5.90. The predicted molar refractivity (Wildman–Crippen MR) is 97.1 cm³/mol. The van der Waals surface area contributed by atoms with Gasteiger partial charge in [-0.1, -0.05) is 36.8 Å². The molecular weight excluding hydrogens is 338 g/mol. The van der Waals surface area contributed by atoms with Gasteiger partial charge in [0.25, 0.3) is 0 Å². The zero-order valence-electron chi connectivity index (χ0n) is 14.9. The normalized spacial score (nSPS) is 12.6. The number of sulfonamides is 1. The fourth-order valence-corrected chi connectivity index (χ4v) is 4.09. The molecule has 0 aliphatic rings. The summed E-state index contributed by atoms with van der Waals surface area (Å²) in [6.07, 6.45) is 0.611. The molecule has 0 bridgehead atoms. The number of hydrogen-bond donors (Lipinski definition) is 1. The van der Waals surface area contributed by atoms with Crippen LogP contribution in [0.3, 0.4) is 0 Å². The fraction of sp³-hybridized carbons (Fsp3) is 0.316. The molecule has 2 aromatic carbocycles. The van der Waals surface area contributed by atoms with Gasteiger partial charge in [0.15, 0.2) is 0 Å². The molecule has 0 aliphatic heterocycles. The minimum atomic E-state index is -3.77. The highest BCUT2D eigenvalue weighted by atomic mass is 32.2. The zero-order valence-corrected chi connectivity index (χ0v) is 15.7. The topological polar surface area (TPSA) is 72.5 Å². The van der Waals surface area contributed by atoms with Crippen LogP contribution in [-0.4, -0.2) is 21.5 Å². The number of benzene rings is 2. The zero-order chi connectivity index (χ0) is 18.6. The molecule has 0 amide bonds. The Morgan fingerprint density at radius 3 is 2.48 bits per heavy atom. The lowest BCUT2D eigenvalue weighted by Gasteiger charge is -2.20. The van der Waals surface area contributed by atoms with Crippen LogP contribution in [0.2, 0.25) is 0 Å². The van der Waals surface area contributed by atoms with Gasteiger partial charge in [0.2, 0.25) is 10.0 Å². The van der Waals surface area contributed by atoms with Crippen molar-refractivity contribution in [2.24, 2.45) is 0 Å². The van der Waals surface area contributed by atoms with Crippen LogP contribution in [0.5, 0.6) is 0 Å². The first-order valence-electron chi connectivity index (χ1n) is 8.06. The third kappa shape index (κ3) is 4.46. The van der Waals surface area contributed by atoms with Crippen molar-refractivity contribution < 1.29 is 17.9 Å². The smallest absolute Gasteiger partial charge is 0.337 e. The van der Waals surface area contributed by atoms with Crippen LogP contribution in [0.4, 0.5) is 0 Å². The number of ether oxygens (including phenoxy) is 1. The SMILES string of the molecule is CC[C@@H](NS(=O)(=O)c1cccc(C(=O)OC)c1)c1ccc(C)cc1C. The average Bonchev–Trinajstić information content (AvgIpc) is 2.59. The maximum Gasteiger partial charge on any atom is 0.337 e. The van der Waals surface area contributed by atoms with Crippen molar-refractivity contribution in [3.05, 3.63) is 64.7 Å². The van der Waals surface area contributed by atoms with E-state index in [-0.39, 0.29) is 16.5 Å². The van der Waals surface area contributed by atoms with Crippen molar-refractivity contribution in [2.75, 3.05) is 7.11 Å². The third-order valence-corrected chi connectivity index (χ3v) is 5.54. The standard InChI is InChI=1S/C19H23NO4S/c1-5-18(17-10-9-13(2)11-14(17)3)20-25(22,23)16-8-6-7-15(12-16)19(21)24-4/h6-12,18,20H,5H2,1-4H3/t18-/m1/s1. The second-order valence-electron chi connectivity index (χ2n) is 5.96. The molecule has 0 spiro atoms. The lowest BCUT2D eigenvalue weighted by Crippen LogP contribution is -2.29. The number of aryl methyl sites for hydroxylation is 2. The molecule has 0 radical (unpaired) electrons. The molecule has 25 heavy (non-hydrogen) atoms. The first-order chi connectivity index (χ1) is 11.8. The molecular formula is C19H23NO4S. The molecule has 5 nitrogen and oxygen atoms in total. The summed E-state index contributed by atoms with van der Waals surface area (Å²) in [6, 6.07) is 11.4. The van der Waals surface area contributed by atoms with E-state index in [1.807, 2.05) is 39.0 Å².